The van der Waals surface area contributed by atoms with Crippen LogP contribution in [0.1, 0.15) is 49.6 Å². The number of carbonyl (C=O) groups is 1. The molecule has 0 bridgehead atoms. The van der Waals surface area contributed by atoms with Crippen LogP contribution in [-0.2, 0) is 27.8 Å². The van der Waals surface area contributed by atoms with Crippen molar-refractivity contribution in [2.45, 2.75) is 70.4 Å². The van der Waals surface area contributed by atoms with Gasteiger partial charge in [-0.1, -0.05) is 38.0 Å². The molecule has 2 atom stereocenters. The van der Waals surface area contributed by atoms with E-state index in [1.165, 1.54) is 15.4 Å². The van der Waals surface area contributed by atoms with Crippen LogP contribution < -0.4 is 9.62 Å². The molecular weight excluding hydrogens is 400 g/mol. The highest BCUT2D eigenvalue weighted by molar-refractivity contribution is 7.93. The molecule has 2 aliphatic rings. The molecule has 8 heteroatoms. The van der Waals surface area contributed by atoms with Gasteiger partial charge in [0.15, 0.2) is 0 Å². The summed E-state index contributed by atoms with van der Waals surface area (Å²) in [4.78, 5) is 12.8. The number of rotatable bonds is 5. The lowest BCUT2D eigenvalue weighted by molar-refractivity contribution is -0.123. The van der Waals surface area contributed by atoms with E-state index in [9.17, 15) is 13.2 Å². The Kier molecular flexibility index (Phi) is 5.61. The van der Waals surface area contributed by atoms with Crippen LogP contribution in [0.25, 0.3) is 0 Å². The van der Waals surface area contributed by atoms with Gasteiger partial charge in [0, 0.05) is 12.6 Å². The number of nitrogens with zero attached hydrogens (tertiary/aromatic N) is 3. The number of carbonyl (C=O) groups excluding carboxylic acids is 1. The Hall–Kier alpha value is -2.35. The number of para-hydroxylation sites is 1. The molecule has 1 aliphatic heterocycles. The summed E-state index contributed by atoms with van der Waals surface area (Å²) in [6.45, 7) is 6.05. The Balaban J connectivity index is 1.56. The predicted molar refractivity (Wildman–Crippen MR) is 116 cm³/mol. The predicted octanol–water partition coefficient (Wildman–Crippen LogP) is 2.95. The van der Waals surface area contributed by atoms with Crippen LogP contribution in [-0.4, -0.2) is 36.7 Å². The van der Waals surface area contributed by atoms with Crippen molar-refractivity contribution in [3.63, 3.8) is 0 Å². The molecule has 0 radical (unpaired) electrons. The summed E-state index contributed by atoms with van der Waals surface area (Å²) < 4.78 is 29.9. The van der Waals surface area contributed by atoms with Crippen molar-refractivity contribution in [2.75, 3.05) is 10.8 Å². The monoisotopic (exact) mass is 430 g/mol. The molecule has 0 saturated heterocycles. The van der Waals surface area contributed by atoms with Gasteiger partial charge in [-0.05, 0) is 50.7 Å². The Morgan fingerprint density at radius 2 is 1.93 bits per heavy atom. The zero-order valence-electron chi connectivity index (χ0n) is 17.9. The van der Waals surface area contributed by atoms with Gasteiger partial charge in [-0.2, -0.15) is 5.10 Å². The van der Waals surface area contributed by atoms with Crippen LogP contribution in [0.15, 0.2) is 29.2 Å². The third kappa shape index (κ3) is 3.73. The van der Waals surface area contributed by atoms with E-state index in [0.29, 0.717) is 30.3 Å². The van der Waals surface area contributed by atoms with Crippen molar-refractivity contribution in [3.05, 3.63) is 41.2 Å². The lowest BCUT2D eigenvalue weighted by atomic mass is 9.86. The maximum Gasteiger partial charge on any atom is 0.268 e. The molecule has 30 heavy (non-hydrogen) atoms. The summed E-state index contributed by atoms with van der Waals surface area (Å²) in [6.07, 6.45) is 5.17. The third-order valence-corrected chi connectivity index (χ3v) is 8.53. The number of aryl methyl sites for hydroxylation is 1. The van der Waals surface area contributed by atoms with Crippen LogP contribution in [0.3, 0.4) is 0 Å². The van der Waals surface area contributed by atoms with Gasteiger partial charge < -0.3 is 5.32 Å². The van der Waals surface area contributed by atoms with E-state index < -0.39 is 10.0 Å². The molecule has 1 aromatic heterocycles. The van der Waals surface area contributed by atoms with Gasteiger partial charge in [0.2, 0.25) is 5.91 Å². The number of amides is 1. The van der Waals surface area contributed by atoms with Crippen LogP contribution in [0.4, 0.5) is 5.69 Å². The molecule has 1 aromatic carbocycles. The number of nitrogens with one attached hydrogen (secondary N) is 1. The second-order valence-electron chi connectivity index (χ2n) is 8.55. The number of anilines is 1. The van der Waals surface area contributed by atoms with Crippen molar-refractivity contribution < 1.29 is 13.2 Å². The zero-order valence-corrected chi connectivity index (χ0v) is 18.7. The minimum Gasteiger partial charge on any atom is -0.351 e. The average Bonchev–Trinajstić information content (AvgIpc) is 3.25. The maximum atomic E-state index is 13.5. The van der Waals surface area contributed by atoms with Crippen LogP contribution in [0, 0.1) is 19.8 Å². The zero-order chi connectivity index (χ0) is 21.5. The molecule has 0 unspecified atom stereocenters. The first kappa shape index (κ1) is 20.9. The fourth-order valence-electron chi connectivity index (χ4n) is 4.79. The van der Waals surface area contributed by atoms with Gasteiger partial charge in [0.1, 0.15) is 11.4 Å². The van der Waals surface area contributed by atoms with E-state index in [1.54, 1.807) is 13.8 Å². The highest BCUT2D eigenvalue weighted by Crippen LogP contribution is 2.34. The highest BCUT2D eigenvalue weighted by Gasteiger charge is 2.35. The van der Waals surface area contributed by atoms with Crippen LogP contribution in [0.5, 0.6) is 0 Å². The number of aromatic nitrogens is 2. The molecule has 2 aromatic rings. The molecule has 1 N–H and O–H groups in total. The van der Waals surface area contributed by atoms with Gasteiger partial charge in [-0.3, -0.25) is 13.8 Å². The summed E-state index contributed by atoms with van der Waals surface area (Å²) in [5, 5.41) is 7.53. The summed E-state index contributed by atoms with van der Waals surface area (Å²) >= 11 is 0. The van der Waals surface area contributed by atoms with E-state index in [2.05, 4.69) is 17.3 Å². The number of benzene rings is 1. The topological polar surface area (TPSA) is 84.3 Å². The first-order chi connectivity index (χ1) is 14.3. The number of hydrogen-bond donors (Lipinski definition) is 1. The van der Waals surface area contributed by atoms with Crippen molar-refractivity contribution in [2.24, 2.45) is 5.92 Å². The molecule has 1 aliphatic carbocycles. The Bertz CT molecular complexity index is 1060. The second kappa shape index (κ2) is 8.06. The fourth-order valence-corrected chi connectivity index (χ4v) is 6.68. The molecule has 1 saturated carbocycles. The molecule has 0 spiro atoms. The molecule has 7 nitrogen and oxygen atoms in total. The van der Waals surface area contributed by atoms with Gasteiger partial charge in [-0.15, -0.1) is 0 Å². The Morgan fingerprint density at radius 1 is 1.20 bits per heavy atom. The normalized spacial score (nSPS) is 21.5. The number of fused-ring (bicyclic) bond motifs is 1. The minimum atomic E-state index is -3.75. The molecular formula is C22H30N4O3S. The van der Waals surface area contributed by atoms with Gasteiger partial charge in [-0.25, -0.2) is 8.42 Å². The Morgan fingerprint density at radius 3 is 2.70 bits per heavy atom. The van der Waals surface area contributed by atoms with E-state index in [1.807, 2.05) is 24.3 Å². The third-order valence-electron chi connectivity index (χ3n) is 6.46. The fraction of sp³-hybridized carbons (Fsp3) is 0.545. The number of sulfonamides is 1. The standard InChI is InChI=1S/C22H30N4O3S/c1-15-8-4-6-10-19(15)23-21(27)14-25-17(3)22(16(2)24-25)30(28,29)26-13-12-18-9-5-7-11-20(18)26/h5,7,9,11,15,19H,4,6,8,10,12-14H2,1-3H3,(H,23,27)/t15-,19+/m0/s1. The first-order valence-electron chi connectivity index (χ1n) is 10.7. The molecule has 2 heterocycles. The molecule has 162 valence electrons. The second-order valence-corrected chi connectivity index (χ2v) is 10.3. The largest absolute Gasteiger partial charge is 0.351 e. The van der Waals surface area contributed by atoms with Crippen molar-refractivity contribution in [1.82, 2.24) is 15.1 Å². The lowest BCUT2D eigenvalue weighted by Gasteiger charge is -2.29. The van der Waals surface area contributed by atoms with Gasteiger partial charge >= 0.3 is 0 Å². The maximum absolute atomic E-state index is 13.5. The van der Waals surface area contributed by atoms with Crippen molar-refractivity contribution >= 4 is 21.6 Å². The van der Waals surface area contributed by atoms with Crippen LogP contribution >= 0.6 is 0 Å². The summed E-state index contributed by atoms with van der Waals surface area (Å²) in [5.41, 5.74) is 2.69. The molecule has 4 rings (SSSR count). The highest BCUT2D eigenvalue weighted by atomic mass is 32.2. The minimum absolute atomic E-state index is 0.0298. The van der Waals surface area contributed by atoms with E-state index in [-0.39, 0.29) is 23.4 Å². The quantitative estimate of drug-likeness (QED) is 0.790. The van der Waals surface area contributed by atoms with Crippen molar-refractivity contribution in [1.29, 1.82) is 0 Å². The average molecular weight is 431 g/mol. The van der Waals surface area contributed by atoms with Gasteiger partial charge in [0.05, 0.1) is 17.1 Å². The van der Waals surface area contributed by atoms with Crippen LogP contribution in [0.2, 0.25) is 0 Å². The van der Waals surface area contributed by atoms with E-state index in [0.717, 1.165) is 30.5 Å². The van der Waals surface area contributed by atoms with Gasteiger partial charge in [0.25, 0.3) is 10.0 Å². The summed E-state index contributed by atoms with van der Waals surface area (Å²) in [7, 11) is -3.75. The SMILES string of the molecule is Cc1nn(CC(=O)N[C@@H]2CCCC[C@@H]2C)c(C)c1S(=O)(=O)N1CCc2ccccc21. The lowest BCUT2D eigenvalue weighted by Crippen LogP contribution is -2.42. The molecule has 1 amide bonds. The first-order valence-corrected chi connectivity index (χ1v) is 12.2. The van der Waals surface area contributed by atoms with E-state index >= 15 is 0 Å². The summed E-state index contributed by atoms with van der Waals surface area (Å²) in [6, 6.07) is 7.77. The number of hydrogen-bond acceptors (Lipinski definition) is 4. The summed E-state index contributed by atoms with van der Waals surface area (Å²) in [5.74, 6) is 0.351. The van der Waals surface area contributed by atoms with E-state index in [4.69, 9.17) is 0 Å². The molecule has 1 fully saturated rings. The Labute approximate surface area is 178 Å². The smallest absolute Gasteiger partial charge is 0.268 e. The van der Waals surface area contributed by atoms with Crippen molar-refractivity contribution in [3.8, 4) is 0 Å².